The average molecular weight is 786 g/mol. The number of nitrogens with one attached hydrogen (secondary N) is 2. The molecule has 2 saturated heterocycles. The number of hydrogen-bond donors (Lipinski definition) is 4. The molecule has 294 valence electrons. The summed E-state index contributed by atoms with van der Waals surface area (Å²) in [7, 11) is -3.49. The summed E-state index contributed by atoms with van der Waals surface area (Å²) in [6, 6.07) is 2.99. The monoisotopic (exact) mass is 785 g/mol. The second-order valence-electron chi connectivity index (χ2n) is 15.8. The van der Waals surface area contributed by atoms with Gasteiger partial charge in [-0.2, -0.15) is 11.8 Å². The lowest BCUT2D eigenvalue weighted by Crippen LogP contribution is -2.63. The summed E-state index contributed by atoms with van der Waals surface area (Å²) in [6.07, 6.45) is 9.13. The Hall–Kier alpha value is -3.83. The molecule has 2 unspecified atom stereocenters. The van der Waals surface area contributed by atoms with E-state index in [1.165, 1.54) is 40.0 Å². The van der Waals surface area contributed by atoms with Crippen molar-refractivity contribution < 1.29 is 37.5 Å². The van der Waals surface area contributed by atoms with Gasteiger partial charge in [-0.25, -0.2) is 13.1 Å². The third-order valence-electron chi connectivity index (χ3n) is 11.6. The van der Waals surface area contributed by atoms with Crippen LogP contribution in [0, 0.1) is 5.92 Å². The number of sulfone groups is 1. The maximum absolute atomic E-state index is 14.8. The van der Waals surface area contributed by atoms with Crippen LogP contribution in [0.15, 0.2) is 35.4 Å². The summed E-state index contributed by atoms with van der Waals surface area (Å²) >= 11 is 1.59. The Morgan fingerprint density at radius 3 is 2.28 bits per heavy atom. The summed E-state index contributed by atoms with van der Waals surface area (Å²) in [6.45, 7) is 3.14. The van der Waals surface area contributed by atoms with E-state index in [0.29, 0.717) is 36.5 Å². The Bertz CT molecular complexity index is 1840. The minimum absolute atomic E-state index is 0.0132. The van der Waals surface area contributed by atoms with Crippen molar-refractivity contribution in [3.05, 3.63) is 41.7 Å². The van der Waals surface area contributed by atoms with Gasteiger partial charge in [0.05, 0.1) is 28.1 Å². The highest BCUT2D eigenvalue weighted by atomic mass is 32.2. The molecule has 4 fully saturated rings. The van der Waals surface area contributed by atoms with Crippen molar-refractivity contribution in [1.29, 1.82) is 0 Å². The number of amides is 4. The Balaban J connectivity index is 1.30. The highest BCUT2D eigenvalue weighted by molar-refractivity contribution is 7.99. The first-order chi connectivity index (χ1) is 25.6. The van der Waals surface area contributed by atoms with Crippen molar-refractivity contribution in [3.63, 3.8) is 0 Å². The number of rotatable bonds is 13. The van der Waals surface area contributed by atoms with E-state index >= 15 is 0 Å². The number of carbonyl (C=O) groups excluding carboxylic acids is 5. The number of thioether (sulfide) groups is 1. The standard InChI is InChI=1S/C37H51N7O8S2/c1-36(2,50)30-21-39-42-44(30)25-20-29(34(48)41-37(31(45)32(38)46)15-17-53-18-16-37)43(22-25)35(49)28(19-23-7-4-3-5-8-23)40-33(47)24-11-13-27(14-12-24)54(51,52)26-9-6-10-26/h11-14,21,23,25-26,28-29,50H,3-10,15-20,22H2,1-2H3,(H2,38,46)(H,40,47)(H,41,48)/t25?,28-,29?/m1/s1. The van der Waals surface area contributed by atoms with E-state index in [1.54, 1.807) is 25.6 Å². The predicted octanol–water partition coefficient (Wildman–Crippen LogP) is 2.18. The minimum Gasteiger partial charge on any atom is -0.384 e. The number of carbonyl (C=O) groups is 5. The highest BCUT2D eigenvalue weighted by Crippen LogP contribution is 2.36. The van der Waals surface area contributed by atoms with Crippen LogP contribution >= 0.6 is 11.8 Å². The van der Waals surface area contributed by atoms with E-state index in [0.717, 1.165) is 38.5 Å². The van der Waals surface area contributed by atoms with Gasteiger partial charge in [-0.3, -0.25) is 24.0 Å². The fraction of sp³-hybridized carbons (Fsp3) is 0.649. The summed E-state index contributed by atoms with van der Waals surface area (Å²) < 4.78 is 27.4. The van der Waals surface area contributed by atoms with Gasteiger partial charge in [-0.15, -0.1) is 5.10 Å². The lowest BCUT2D eigenvalue weighted by molar-refractivity contribution is -0.145. The van der Waals surface area contributed by atoms with Gasteiger partial charge in [0.15, 0.2) is 9.84 Å². The van der Waals surface area contributed by atoms with E-state index in [4.69, 9.17) is 5.73 Å². The number of nitrogens with two attached hydrogens (primary N) is 1. The van der Waals surface area contributed by atoms with Gasteiger partial charge in [-0.05, 0) is 87.6 Å². The largest absolute Gasteiger partial charge is 0.384 e. The van der Waals surface area contributed by atoms with Crippen molar-refractivity contribution in [2.75, 3.05) is 18.1 Å². The summed E-state index contributed by atoms with van der Waals surface area (Å²) in [5.41, 5.74) is 3.16. The fourth-order valence-corrected chi connectivity index (χ4v) is 11.3. The van der Waals surface area contributed by atoms with E-state index in [-0.39, 0.29) is 42.2 Å². The first-order valence-corrected chi connectivity index (χ1v) is 21.6. The van der Waals surface area contributed by atoms with Gasteiger partial charge >= 0.3 is 0 Å². The molecule has 6 rings (SSSR count). The van der Waals surface area contributed by atoms with E-state index in [9.17, 15) is 37.5 Å². The molecule has 1 aromatic heterocycles. The Morgan fingerprint density at radius 2 is 1.69 bits per heavy atom. The maximum Gasteiger partial charge on any atom is 0.287 e. The number of ketones is 1. The molecule has 0 bridgehead atoms. The fourth-order valence-electron chi connectivity index (χ4n) is 8.21. The number of benzene rings is 1. The number of primary amides is 1. The second kappa shape index (κ2) is 16.1. The molecule has 3 heterocycles. The van der Waals surface area contributed by atoms with Crippen LogP contribution in [0.1, 0.15) is 113 Å². The first kappa shape index (κ1) is 39.9. The van der Waals surface area contributed by atoms with Crippen LogP contribution in [0.4, 0.5) is 0 Å². The molecule has 2 aliphatic heterocycles. The summed E-state index contributed by atoms with van der Waals surface area (Å²) in [5, 5.41) is 24.5. The Labute approximate surface area is 319 Å². The van der Waals surface area contributed by atoms with Crippen molar-refractivity contribution >= 4 is 51.0 Å². The molecule has 0 radical (unpaired) electrons. The molecule has 4 amide bonds. The maximum atomic E-state index is 14.8. The molecule has 15 nitrogen and oxygen atoms in total. The quantitative estimate of drug-likeness (QED) is 0.216. The van der Waals surface area contributed by atoms with Gasteiger partial charge in [0.25, 0.3) is 11.8 Å². The van der Waals surface area contributed by atoms with Crippen LogP contribution in [0.25, 0.3) is 0 Å². The normalized spacial score (nSPS) is 22.9. The molecular weight excluding hydrogens is 735 g/mol. The molecule has 54 heavy (non-hydrogen) atoms. The lowest BCUT2D eigenvalue weighted by atomic mass is 9.84. The van der Waals surface area contributed by atoms with Gasteiger partial charge < -0.3 is 26.4 Å². The highest BCUT2D eigenvalue weighted by Gasteiger charge is 2.49. The zero-order chi connectivity index (χ0) is 38.8. The van der Waals surface area contributed by atoms with Crippen LogP contribution in [-0.2, 0) is 34.6 Å². The topological polar surface area (TPSA) is 224 Å². The van der Waals surface area contributed by atoms with E-state index in [2.05, 4.69) is 20.9 Å². The number of nitrogens with zero attached hydrogens (tertiary/aromatic N) is 4. The number of aliphatic hydroxyl groups is 1. The van der Waals surface area contributed by atoms with Crippen molar-refractivity contribution in [1.82, 2.24) is 30.5 Å². The SMILES string of the molecule is CC(C)(O)c1cnnn1C1CC(C(=O)NC2(C(=O)C(N)=O)CCSCC2)N(C(=O)[C@@H](CC2CCCCC2)NC(=O)c2ccc(S(=O)(=O)C3CCC3)cc2)C1. The molecule has 3 atom stereocenters. The Morgan fingerprint density at radius 1 is 1.02 bits per heavy atom. The molecule has 1 aromatic carbocycles. The molecule has 4 aliphatic rings. The lowest BCUT2D eigenvalue weighted by Gasteiger charge is -2.37. The number of hydrogen-bond acceptors (Lipinski definition) is 11. The zero-order valence-corrected chi connectivity index (χ0v) is 32.5. The Kier molecular flexibility index (Phi) is 11.9. The van der Waals surface area contributed by atoms with Crippen molar-refractivity contribution in [2.45, 2.75) is 130 Å². The third-order valence-corrected chi connectivity index (χ3v) is 14.9. The van der Waals surface area contributed by atoms with Gasteiger partial charge in [0.1, 0.15) is 23.2 Å². The summed E-state index contributed by atoms with van der Waals surface area (Å²) in [5.74, 6) is -2.55. The first-order valence-electron chi connectivity index (χ1n) is 18.9. The van der Waals surface area contributed by atoms with Crippen LogP contribution < -0.4 is 16.4 Å². The van der Waals surface area contributed by atoms with Crippen molar-refractivity contribution in [3.8, 4) is 0 Å². The molecule has 5 N–H and O–H groups in total. The second-order valence-corrected chi connectivity index (χ2v) is 19.2. The molecule has 2 aliphatic carbocycles. The smallest absolute Gasteiger partial charge is 0.287 e. The van der Waals surface area contributed by atoms with E-state index < -0.39 is 73.8 Å². The summed E-state index contributed by atoms with van der Waals surface area (Å²) in [4.78, 5) is 69.9. The van der Waals surface area contributed by atoms with Crippen molar-refractivity contribution in [2.24, 2.45) is 11.7 Å². The minimum atomic E-state index is -3.49. The van der Waals surface area contributed by atoms with Gasteiger partial charge in [-0.1, -0.05) is 43.7 Å². The molecular formula is C37H51N7O8S2. The third kappa shape index (κ3) is 8.37. The van der Waals surface area contributed by atoms with Crippen LogP contribution in [0.5, 0.6) is 0 Å². The number of Topliss-reactive ketones (excluding diaryl/α,β-unsaturated/α-hetero) is 1. The molecule has 2 saturated carbocycles. The number of likely N-dealkylation sites (tertiary alicyclic amines) is 1. The zero-order valence-electron chi connectivity index (χ0n) is 30.9. The predicted molar refractivity (Wildman–Crippen MR) is 200 cm³/mol. The molecule has 2 aromatic rings. The molecule has 17 heteroatoms. The van der Waals surface area contributed by atoms with E-state index in [1.807, 2.05) is 0 Å². The number of aromatic nitrogens is 3. The molecule has 0 spiro atoms. The van der Waals surface area contributed by atoms with Gasteiger partial charge in [0, 0.05) is 18.5 Å². The van der Waals surface area contributed by atoms with Crippen LogP contribution in [0.2, 0.25) is 0 Å². The average Bonchev–Trinajstić information content (AvgIpc) is 3.79. The van der Waals surface area contributed by atoms with Crippen LogP contribution in [0.3, 0.4) is 0 Å². The van der Waals surface area contributed by atoms with Crippen LogP contribution in [-0.4, -0.2) is 104 Å². The van der Waals surface area contributed by atoms with Gasteiger partial charge in [0.2, 0.25) is 17.6 Å².